The van der Waals surface area contributed by atoms with Crippen LogP contribution in [0.2, 0.25) is 0 Å². The Labute approximate surface area is 148 Å². The van der Waals surface area contributed by atoms with Gasteiger partial charge in [0.05, 0.1) is 5.39 Å². The molecule has 0 atom stereocenters. The zero-order valence-corrected chi connectivity index (χ0v) is 14.2. The zero-order valence-electron chi connectivity index (χ0n) is 13.4. The Balaban J connectivity index is 1.95. The summed E-state index contributed by atoms with van der Waals surface area (Å²) in [5, 5.41) is 11.7. The van der Waals surface area contributed by atoms with Gasteiger partial charge < -0.3 is 10.5 Å². The van der Waals surface area contributed by atoms with Gasteiger partial charge in [0.25, 0.3) is 0 Å². The number of thiophene rings is 1. The van der Waals surface area contributed by atoms with Crippen LogP contribution in [0.1, 0.15) is 6.92 Å². The minimum atomic E-state index is -0.481. The molecular weight excluding hydrogens is 336 g/mol. The zero-order chi connectivity index (χ0) is 17.8. The first-order chi connectivity index (χ1) is 12.1. The van der Waals surface area contributed by atoms with Gasteiger partial charge in [-0.25, -0.2) is 9.97 Å². The van der Waals surface area contributed by atoms with E-state index in [4.69, 9.17) is 15.7 Å². The normalized spacial score (nSPS) is 11.7. The summed E-state index contributed by atoms with van der Waals surface area (Å²) in [6, 6.07) is 11.6. The van der Waals surface area contributed by atoms with Gasteiger partial charge in [-0.3, -0.25) is 4.79 Å². The lowest BCUT2D eigenvalue weighted by atomic mass is 10.1. The third-order valence-electron chi connectivity index (χ3n) is 3.55. The topological polar surface area (TPSA) is 102 Å². The maximum atomic E-state index is 12.1. The SMILES string of the molecule is C/C(N)=C(\C#N)C(=O)COc1ncnc2scc(-c3ccccc3)c12. The Morgan fingerprint density at radius 2 is 2.08 bits per heavy atom. The van der Waals surface area contributed by atoms with Crippen LogP contribution in [0.5, 0.6) is 5.88 Å². The number of rotatable bonds is 5. The van der Waals surface area contributed by atoms with Crippen LogP contribution in [0.3, 0.4) is 0 Å². The molecule has 25 heavy (non-hydrogen) atoms. The molecule has 2 N–H and O–H groups in total. The maximum absolute atomic E-state index is 12.1. The Morgan fingerprint density at radius 3 is 2.76 bits per heavy atom. The Morgan fingerprint density at radius 1 is 1.32 bits per heavy atom. The van der Waals surface area contributed by atoms with Gasteiger partial charge in [0.1, 0.15) is 22.8 Å². The predicted octanol–water partition coefficient (Wildman–Crippen LogP) is 3.06. The first kappa shape index (κ1) is 16.6. The number of ketones is 1. The number of hydrogen-bond acceptors (Lipinski definition) is 7. The summed E-state index contributed by atoms with van der Waals surface area (Å²) in [5.74, 6) is -0.170. The summed E-state index contributed by atoms with van der Waals surface area (Å²) in [5.41, 5.74) is 7.57. The number of nitrogens with two attached hydrogens (primary N) is 1. The summed E-state index contributed by atoms with van der Waals surface area (Å²) < 4.78 is 5.60. The highest BCUT2D eigenvalue weighted by atomic mass is 32.1. The van der Waals surface area contributed by atoms with Crippen molar-refractivity contribution in [3.8, 4) is 23.1 Å². The average Bonchev–Trinajstić information content (AvgIpc) is 3.05. The molecule has 3 rings (SSSR count). The summed E-state index contributed by atoms with van der Waals surface area (Å²) in [6.45, 7) is 1.19. The molecule has 0 saturated heterocycles. The van der Waals surface area contributed by atoms with Gasteiger partial charge in [-0.2, -0.15) is 5.26 Å². The van der Waals surface area contributed by atoms with Gasteiger partial charge in [0.2, 0.25) is 11.7 Å². The predicted molar refractivity (Wildman–Crippen MR) is 95.9 cm³/mol. The first-order valence-electron chi connectivity index (χ1n) is 7.42. The van der Waals surface area contributed by atoms with Gasteiger partial charge in [0, 0.05) is 16.6 Å². The molecule has 0 spiro atoms. The molecule has 0 aliphatic carbocycles. The molecular formula is C18H14N4O2S. The van der Waals surface area contributed by atoms with E-state index in [2.05, 4.69) is 9.97 Å². The van der Waals surface area contributed by atoms with E-state index in [9.17, 15) is 4.79 Å². The fourth-order valence-electron chi connectivity index (χ4n) is 2.36. The summed E-state index contributed by atoms with van der Waals surface area (Å²) in [6.07, 6.45) is 1.39. The third-order valence-corrected chi connectivity index (χ3v) is 4.43. The van der Waals surface area contributed by atoms with Crippen molar-refractivity contribution in [3.05, 3.63) is 53.3 Å². The molecule has 0 aliphatic heterocycles. The van der Waals surface area contributed by atoms with Gasteiger partial charge in [0.15, 0.2) is 6.61 Å². The van der Waals surface area contributed by atoms with Crippen LogP contribution in [0.15, 0.2) is 53.3 Å². The molecule has 124 valence electrons. The van der Waals surface area contributed by atoms with Crippen molar-refractivity contribution in [3.63, 3.8) is 0 Å². The molecule has 3 aromatic rings. The number of nitriles is 1. The van der Waals surface area contributed by atoms with Gasteiger partial charge in [-0.1, -0.05) is 30.3 Å². The van der Waals surface area contributed by atoms with E-state index < -0.39 is 5.78 Å². The number of allylic oxidation sites excluding steroid dienone is 1. The standard InChI is InChI=1S/C18H14N4O2S/c1-11(20)13(7-19)15(23)8-24-17-16-14(12-5-3-2-4-6-12)9-25-18(16)22-10-21-17/h2-6,9-10H,8,20H2,1H3/b13-11-. The molecule has 0 fully saturated rings. The fourth-order valence-corrected chi connectivity index (χ4v) is 3.27. The van der Waals surface area contributed by atoms with Crippen LogP contribution in [0, 0.1) is 11.3 Å². The maximum Gasteiger partial charge on any atom is 0.226 e. The van der Waals surface area contributed by atoms with Crippen LogP contribution in [0.25, 0.3) is 21.3 Å². The average molecular weight is 350 g/mol. The molecule has 2 aromatic heterocycles. The molecule has 2 heterocycles. The van der Waals surface area contributed by atoms with Gasteiger partial charge in [-0.05, 0) is 12.5 Å². The minimum absolute atomic E-state index is 0.0982. The number of Topliss-reactive ketones (excluding diaryl/α,β-unsaturated/α-hetero) is 1. The van der Waals surface area contributed by atoms with E-state index in [0.29, 0.717) is 5.88 Å². The third kappa shape index (κ3) is 3.34. The summed E-state index contributed by atoms with van der Waals surface area (Å²) in [4.78, 5) is 21.3. The Bertz CT molecular complexity index is 999. The highest BCUT2D eigenvalue weighted by Gasteiger charge is 2.17. The summed E-state index contributed by atoms with van der Waals surface area (Å²) >= 11 is 1.48. The van der Waals surface area contributed by atoms with Crippen molar-refractivity contribution >= 4 is 27.3 Å². The van der Waals surface area contributed by atoms with Crippen molar-refractivity contribution in [2.45, 2.75) is 6.92 Å². The number of fused-ring (bicyclic) bond motifs is 1. The minimum Gasteiger partial charge on any atom is -0.469 e. The van der Waals surface area contributed by atoms with E-state index in [-0.39, 0.29) is 17.9 Å². The highest BCUT2D eigenvalue weighted by Crippen LogP contribution is 2.37. The Hall–Kier alpha value is -3.24. The van der Waals surface area contributed by atoms with Gasteiger partial charge in [-0.15, -0.1) is 11.3 Å². The lowest BCUT2D eigenvalue weighted by Gasteiger charge is -2.07. The molecule has 6 nitrogen and oxygen atoms in total. The first-order valence-corrected chi connectivity index (χ1v) is 8.30. The molecule has 0 unspecified atom stereocenters. The van der Waals surface area contributed by atoms with Crippen LogP contribution in [0.4, 0.5) is 0 Å². The van der Waals surface area contributed by atoms with Crippen molar-refractivity contribution in [2.24, 2.45) is 5.73 Å². The van der Waals surface area contributed by atoms with E-state index in [1.54, 1.807) is 6.07 Å². The second-order valence-electron chi connectivity index (χ2n) is 5.26. The molecule has 0 bridgehead atoms. The van der Waals surface area contributed by atoms with Crippen molar-refractivity contribution in [1.29, 1.82) is 5.26 Å². The monoisotopic (exact) mass is 350 g/mol. The largest absolute Gasteiger partial charge is 0.469 e. The number of nitrogens with zero attached hydrogens (tertiary/aromatic N) is 3. The van der Waals surface area contributed by atoms with Crippen LogP contribution < -0.4 is 10.5 Å². The molecule has 0 aliphatic rings. The van der Waals surface area contributed by atoms with E-state index >= 15 is 0 Å². The highest BCUT2D eigenvalue weighted by molar-refractivity contribution is 7.17. The lowest BCUT2D eigenvalue weighted by Crippen LogP contribution is -2.16. The van der Waals surface area contributed by atoms with Crippen LogP contribution in [-0.2, 0) is 4.79 Å². The number of aromatic nitrogens is 2. The molecule has 7 heteroatoms. The number of carbonyl (C=O) groups is 1. The second-order valence-corrected chi connectivity index (χ2v) is 6.11. The Kier molecular flexibility index (Phi) is 4.73. The molecule has 0 radical (unpaired) electrons. The molecule has 1 aromatic carbocycles. The van der Waals surface area contributed by atoms with Crippen molar-refractivity contribution in [1.82, 2.24) is 9.97 Å². The van der Waals surface area contributed by atoms with Gasteiger partial charge >= 0.3 is 0 Å². The number of ether oxygens (including phenoxy) is 1. The van der Waals surface area contributed by atoms with Crippen molar-refractivity contribution in [2.75, 3.05) is 6.61 Å². The smallest absolute Gasteiger partial charge is 0.226 e. The van der Waals surface area contributed by atoms with E-state index in [0.717, 1.165) is 21.3 Å². The van der Waals surface area contributed by atoms with E-state index in [1.807, 2.05) is 35.7 Å². The quantitative estimate of drug-likeness (QED) is 0.560. The van der Waals surface area contributed by atoms with Crippen LogP contribution >= 0.6 is 11.3 Å². The lowest BCUT2D eigenvalue weighted by molar-refractivity contribution is -0.117. The number of benzene rings is 1. The van der Waals surface area contributed by atoms with Crippen molar-refractivity contribution < 1.29 is 9.53 Å². The van der Waals surface area contributed by atoms with Crippen LogP contribution in [-0.4, -0.2) is 22.4 Å². The summed E-state index contributed by atoms with van der Waals surface area (Å²) in [7, 11) is 0. The molecule has 0 amide bonds. The van der Waals surface area contributed by atoms with E-state index in [1.165, 1.54) is 24.6 Å². The number of carbonyl (C=O) groups excluding carboxylic acids is 1. The number of hydrogen-bond donors (Lipinski definition) is 1. The second kappa shape index (κ2) is 7.11. The fraction of sp³-hybridized carbons (Fsp3) is 0.111. The molecule has 0 saturated carbocycles.